The molecule has 0 saturated heterocycles. The lowest BCUT2D eigenvalue weighted by Crippen LogP contribution is -2.12. The predicted octanol–water partition coefficient (Wildman–Crippen LogP) is 2.02. The molecule has 0 unspecified atom stereocenters. The maximum absolute atomic E-state index is 11.5. The number of carbonyl (C=O) groups excluding carboxylic acids is 1. The predicted molar refractivity (Wildman–Crippen MR) is 63.4 cm³/mol. The number of carbonyl (C=O) groups is 1. The molecule has 1 aliphatic rings. The molecule has 3 N–H and O–H groups in total. The number of nitrogens with two attached hydrogens (primary N) is 1. The minimum Gasteiger partial charge on any atom is -0.495 e. The SMILES string of the molecule is COc1ccc(NC(=O)CC2CC2)cc1N. The molecule has 1 aliphatic carbocycles. The summed E-state index contributed by atoms with van der Waals surface area (Å²) in [6.07, 6.45) is 2.97. The van der Waals surface area contributed by atoms with Gasteiger partial charge in [-0.1, -0.05) is 0 Å². The Morgan fingerprint density at radius 2 is 2.31 bits per heavy atom. The van der Waals surface area contributed by atoms with Crippen molar-refractivity contribution in [3.8, 4) is 5.75 Å². The van der Waals surface area contributed by atoms with Crippen LogP contribution in [0.4, 0.5) is 11.4 Å². The normalized spacial score (nSPS) is 14.6. The lowest BCUT2D eigenvalue weighted by atomic mass is 10.2. The molecule has 0 radical (unpaired) electrons. The first-order valence-electron chi connectivity index (χ1n) is 5.42. The highest BCUT2D eigenvalue weighted by Crippen LogP contribution is 2.32. The Labute approximate surface area is 94.8 Å². The van der Waals surface area contributed by atoms with Gasteiger partial charge >= 0.3 is 0 Å². The highest BCUT2D eigenvalue weighted by molar-refractivity contribution is 5.91. The molecule has 4 nitrogen and oxygen atoms in total. The lowest BCUT2D eigenvalue weighted by molar-refractivity contribution is -0.116. The van der Waals surface area contributed by atoms with E-state index < -0.39 is 0 Å². The van der Waals surface area contributed by atoms with Crippen molar-refractivity contribution in [1.82, 2.24) is 0 Å². The van der Waals surface area contributed by atoms with Gasteiger partial charge in [0.2, 0.25) is 5.91 Å². The van der Waals surface area contributed by atoms with Crippen LogP contribution in [0.3, 0.4) is 0 Å². The molecule has 4 heteroatoms. The zero-order valence-corrected chi connectivity index (χ0v) is 9.32. The summed E-state index contributed by atoms with van der Waals surface area (Å²) >= 11 is 0. The molecule has 1 aromatic carbocycles. The van der Waals surface area contributed by atoms with E-state index >= 15 is 0 Å². The van der Waals surface area contributed by atoms with Gasteiger partial charge in [-0.2, -0.15) is 0 Å². The maximum atomic E-state index is 11.5. The van der Waals surface area contributed by atoms with E-state index in [-0.39, 0.29) is 5.91 Å². The first-order valence-corrected chi connectivity index (χ1v) is 5.42. The smallest absolute Gasteiger partial charge is 0.224 e. The van der Waals surface area contributed by atoms with Gasteiger partial charge in [0, 0.05) is 12.1 Å². The van der Waals surface area contributed by atoms with E-state index in [2.05, 4.69) is 5.32 Å². The molecule has 1 fully saturated rings. The second kappa shape index (κ2) is 4.43. The zero-order valence-electron chi connectivity index (χ0n) is 9.32. The van der Waals surface area contributed by atoms with Crippen molar-refractivity contribution in [2.45, 2.75) is 19.3 Å². The van der Waals surface area contributed by atoms with Gasteiger partial charge in [0.1, 0.15) is 5.75 Å². The summed E-state index contributed by atoms with van der Waals surface area (Å²) in [7, 11) is 1.57. The third-order valence-corrected chi connectivity index (χ3v) is 2.68. The molecule has 1 aromatic rings. The molecular formula is C12H16N2O2. The van der Waals surface area contributed by atoms with E-state index in [1.807, 2.05) is 0 Å². The average Bonchev–Trinajstić information content (AvgIpc) is 3.01. The topological polar surface area (TPSA) is 64.3 Å². The van der Waals surface area contributed by atoms with Crippen LogP contribution in [0.5, 0.6) is 5.75 Å². The quantitative estimate of drug-likeness (QED) is 0.763. The number of hydrogen-bond acceptors (Lipinski definition) is 3. The molecule has 1 amide bonds. The van der Waals surface area contributed by atoms with Gasteiger partial charge in [-0.3, -0.25) is 4.79 Å². The molecule has 0 aromatic heterocycles. The number of amides is 1. The average molecular weight is 220 g/mol. The molecule has 0 atom stereocenters. The fraction of sp³-hybridized carbons (Fsp3) is 0.417. The van der Waals surface area contributed by atoms with Crippen molar-refractivity contribution >= 4 is 17.3 Å². The van der Waals surface area contributed by atoms with Crippen LogP contribution in [0.1, 0.15) is 19.3 Å². The zero-order chi connectivity index (χ0) is 11.5. The van der Waals surface area contributed by atoms with E-state index in [1.54, 1.807) is 25.3 Å². The molecule has 0 aliphatic heterocycles. The number of ether oxygens (including phenoxy) is 1. The van der Waals surface area contributed by atoms with Gasteiger partial charge in [-0.05, 0) is 37.0 Å². The maximum Gasteiger partial charge on any atom is 0.224 e. The van der Waals surface area contributed by atoms with Crippen LogP contribution in [0.15, 0.2) is 18.2 Å². The number of anilines is 2. The van der Waals surface area contributed by atoms with Crippen LogP contribution in [0, 0.1) is 5.92 Å². The Hall–Kier alpha value is -1.71. The van der Waals surface area contributed by atoms with Crippen LogP contribution in [-0.2, 0) is 4.79 Å². The van der Waals surface area contributed by atoms with Crippen molar-refractivity contribution in [3.05, 3.63) is 18.2 Å². The van der Waals surface area contributed by atoms with Gasteiger partial charge in [0.15, 0.2) is 0 Å². The molecule has 0 bridgehead atoms. The summed E-state index contributed by atoms with van der Waals surface area (Å²) < 4.78 is 5.04. The van der Waals surface area contributed by atoms with Crippen LogP contribution >= 0.6 is 0 Å². The fourth-order valence-corrected chi connectivity index (χ4v) is 1.61. The monoisotopic (exact) mass is 220 g/mol. The van der Waals surface area contributed by atoms with Crippen LogP contribution in [-0.4, -0.2) is 13.0 Å². The summed E-state index contributed by atoms with van der Waals surface area (Å²) in [5, 5.41) is 2.83. The molecule has 2 rings (SSSR count). The van der Waals surface area contributed by atoms with Crippen molar-refractivity contribution in [2.75, 3.05) is 18.2 Å². The molecule has 86 valence electrons. The summed E-state index contributed by atoms with van der Waals surface area (Å²) in [6, 6.07) is 5.26. The number of methoxy groups -OCH3 is 1. The Balaban J connectivity index is 1.97. The Bertz CT molecular complexity index is 400. The van der Waals surface area contributed by atoms with Crippen molar-refractivity contribution in [3.63, 3.8) is 0 Å². The van der Waals surface area contributed by atoms with E-state index in [0.29, 0.717) is 23.8 Å². The first-order chi connectivity index (χ1) is 7.69. The molecule has 0 spiro atoms. The van der Waals surface area contributed by atoms with E-state index in [9.17, 15) is 4.79 Å². The van der Waals surface area contributed by atoms with E-state index in [1.165, 1.54) is 12.8 Å². The largest absolute Gasteiger partial charge is 0.495 e. The van der Waals surface area contributed by atoms with Crippen LogP contribution in [0.2, 0.25) is 0 Å². The number of nitrogens with one attached hydrogen (secondary N) is 1. The highest BCUT2D eigenvalue weighted by Gasteiger charge is 2.24. The lowest BCUT2D eigenvalue weighted by Gasteiger charge is -2.08. The summed E-state index contributed by atoms with van der Waals surface area (Å²) in [6.45, 7) is 0. The fourth-order valence-electron chi connectivity index (χ4n) is 1.61. The Morgan fingerprint density at radius 3 is 2.88 bits per heavy atom. The summed E-state index contributed by atoms with van der Waals surface area (Å²) in [4.78, 5) is 11.5. The summed E-state index contributed by atoms with van der Waals surface area (Å²) in [5.41, 5.74) is 7.00. The highest BCUT2D eigenvalue weighted by atomic mass is 16.5. The Morgan fingerprint density at radius 1 is 1.56 bits per heavy atom. The van der Waals surface area contributed by atoms with Crippen molar-refractivity contribution in [2.24, 2.45) is 5.92 Å². The minimum absolute atomic E-state index is 0.0621. The van der Waals surface area contributed by atoms with Gasteiger partial charge in [-0.15, -0.1) is 0 Å². The van der Waals surface area contributed by atoms with Crippen LogP contribution in [0.25, 0.3) is 0 Å². The third-order valence-electron chi connectivity index (χ3n) is 2.68. The molecule has 1 saturated carbocycles. The second-order valence-corrected chi connectivity index (χ2v) is 4.15. The Kier molecular flexibility index (Phi) is 2.99. The number of nitrogen functional groups attached to an aromatic ring is 1. The van der Waals surface area contributed by atoms with Crippen molar-refractivity contribution < 1.29 is 9.53 Å². The second-order valence-electron chi connectivity index (χ2n) is 4.15. The number of rotatable bonds is 4. The van der Waals surface area contributed by atoms with E-state index in [4.69, 9.17) is 10.5 Å². The molecular weight excluding hydrogens is 204 g/mol. The first kappa shape index (κ1) is 10.8. The molecule has 0 heterocycles. The van der Waals surface area contributed by atoms with Crippen molar-refractivity contribution in [1.29, 1.82) is 0 Å². The van der Waals surface area contributed by atoms with Gasteiger partial charge in [0.05, 0.1) is 12.8 Å². The van der Waals surface area contributed by atoms with E-state index in [0.717, 1.165) is 5.69 Å². The van der Waals surface area contributed by atoms with Gasteiger partial charge in [0.25, 0.3) is 0 Å². The third kappa shape index (κ3) is 2.66. The number of benzene rings is 1. The minimum atomic E-state index is 0.0621. The van der Waals surface area contributed by atoms with Crippen LogP contribution < -0.4 is 15.8 Å². The summed E-state index contributed by atoms with van der Waals surface area (Å²) in [5.74, 6) is 1.28. The standard InChI is InChI=1S/C12H16N2O2/c1-16-11-5-4-9(7-10(11)13)14-12(15)6-8-2-3-8/h4-5,7-8H,2-3,6,13H2,1H3,(H,14,15). The molecule has 16 heavy (non-hydrogen) atoms. The van der Waals surface area contributed by atoms with Gasteiger partial charge < -0.3 is 15.8 Å². The number of hydrogen-bond donors (Lipinski definition) is 2. The van der Waals surface area contributed by atoms with Gasteiger partial charge in [-0.25, -0.2) is 0 Å².